The predicted molar refractivity (Wildman–Crippen MR) is 97.2 cm³/mol. The Balaban J connectivity index is 1.54. The van der Waals surface area contributed by atoms with Crippen molar-refractivity contribution in [1.82, 2.24) is 10.2 Å². The highest BCUT2D eigenvalue weighted by Crippen LogP contribution is 2.26. The number of rotatable bonds is 6. The molecule has 1 aromatic rings. The Morgan fingerprint density at radius 3 is 2.79 bits per heavy atom. The van der Waals surface area contributed by atoms with Crippen molar-refractivity contribution in [3.63, 3.8) is 0 Å². The molecule has 0 radical (unpaired) electrons. The van der Waals surface area contributed by atoms with E-state index in [1.54, 1.807) is 11.8 Å². The number of amides is 2. The third kappa shape index (κ3) is 4.53. The van der Waals surface area contributed by atoms with Crippen molar-refractivity contribution in [3.8, 4) is 0 Å². The van der Waals surface area contributed by atoms with E-state index in [-0.39, 0.29) is 11.8 Å². The number of hydrogen-bond acceptors (Lipinski definition) is 3. The molecule has 130 valence electrons. The van der Waals surface area contributed by atoms with Gasteiger partial charge in [-0.1, -0.05) is 12.1 Å². The first-order chi connectivity index (χ1) is 11.7. The average molecular weight is 346 g/mol. The molecule has 0 unspecified atom stereocenters. The summed E-state index contributed by atoms with van der Waals surface area (Å²) < 4.78 is 0. The molecule has 2 amide bonds. The van der Waals surface area contributed by atoms with Crippen molar-refractivity contribution in [1.29, 1.82) is 0 Å². The number of likely N-dealkylation sites (tertiary alicyclic amines) is 1. The van der Waals surface area contributed by atoms with Gasteiger partial charge in [0.05, 0.1) is 5.56 Å². The first-order valence-corrected chi connectivity index (χ1v) is 10.1. The second-order valence-corrected chi connectivity index (χ2v) is 7.69. The summed E-state index contributed by atoms with van der Waals surface area (Å²) in [5, 5.41) is 3.05. The van der Waals surface area contributed by atoms with Crippen molar-refractivity contribution in [2.24, 2.45) is 5.92 Å². The van der Waals surface area contributed by atoms with Gasteiger partial charge >= 0.3 is 0 Å². The van der Waals surface area contributed by atoms with E-state index in [1.165, 1.54) is 0 Å². The zero-order chi connectivity index (χ0) is 16.9. The number of hydrogen-bond donors (Lipinski definition) is 1. The molecule has 2 aliphatic rings. The molecule has 0 aromatic heterocycles. The minimum Gasteiger partial charge on any atom is -0.353 e. The Hall–Kier alpha value is -1.49. The third-order valence-electron chi connectivity index (χ3n) is 4.87. The minimum absolute atomic E-state index is 0.132. The normalized spacial score (nSPS) is 20.7. The van der Waals surface area contributed by atoms with E-state index in [0.717, 1.165) is 55.7 Å². The lowest BCUT2D eigenvalue weighted by Crippen LogP contribution is -2.40. The van der Waals surface area contributed by atoms with Crippen LogP contribution >= 0.6 is 11.8 Å². The van der Waals surface area contributed by atoms with Gasteiger partial charge in [0.25, 0.3) is 5.91 Å². The monoisotopic (exact) mass is 346 g/mol. The number of carbonyl (C=O) groups is 2. The standard InChI is InChI=1S/C19H26N2O2S/c1-24-17-7-3-2-6-16(17)19(23)21-12-4-5-14(13-21)8-11-18(22)20-15-9-10-15/h2-3,6-7,14-15H,4-5,8-13H2,1H3,(H,20,22)/t14-/m0/s1. The molecular weight excluding hydrogens is 320 g/mol. The quantitative estimate of drug-likeness (QED) is 0.804. The summed E-state index contributed by atoms with van der Waals surface area (Å²) in [4.78, 5) is 27.7. The molecule has 0 bridgehead atoms. The molecule has 1 aliphatic heterocycles. The van der Waals surface area contributed by atoms with Gasteiger partial charge in [-0.15, -0.1) is 11.8 Å². The highest BCUT2D eigenvalue weighted by Gasteiger charge is 2.27. The zero-order valence-corrected chi connectivity index (χ0v) is 15.1. The third-order valence-corrected chi connectivity index (χ3v) is 5.66. The van der Waals surface area contributed by atoms with Gasteiger partial charge < -0.3 is 10.2 Å². The van der Waals surface area contributed by atoms with Crippen molar-refractivity contribution in [3.05, 3.63) is 29.8 Å². The van der Waals surface area contributed by atoms with Gasteiger partial charge in [-0.05, 0) is 56.4 Å². The van der Waals surface area contributed by atoms with Crippen LogP contribution in [0.3, 0.4) is 0 Å². The molecular formula is C19H26N2O2S. The molecule has 0 spiro atoms. The second-order valence-electron chi connectivity index (χ2n) is 6.84. The SMILES string of the molecule is CSc1ccccc1C(=O)N1CCC[C@@H](CCC(=O)NC2CC2)C1. The number of nitrogens with one attached hydrogen (secondary N) is 1. The first kappa shape index (κ1) is 17.3. The van der Waals surface area contributed by atoms with E-state index in [2.05, 4.69) is 5.32 Å². The summed E-state index contributed by atoms with van der Waals surface area (Å²) in [6, 6.07) is 8.25. The summed E-state index contributed by atoms with van der Waals surface area (Å²) in [6.45, 7) is 1.60. The van der Waals surface area contributed by atoms with Gasteiger partial charge in [0.2, 0.25) is 5.91 Å². The van der Waals surface area contributed by atoms with Crippen LogP contribution in [-0.2, 0) is 4.79 Å². The van der Waals surface area contributed by atoms with Crippen molar-refractivity contribution < 1.29 is 9.59 Å². The van der Waals surface area contributed by atoms with Gasteiger partial charge in [-0.3, -0.25) is 9.59 Å². The van der Waals surface area contributed by atoms with Crippen LogP contribution in [0.1, 0.15) is 48.9 Å². The van der Waals surface area contributed by atoms with Gasteiger partial charge in [-0.25, -0.2) is 0 Å². The van der Waals surface area contributed by atoms with Crippen LogP contribution < -0.4 is 5.32 Å². The van der Waals surface area contributed by atoms with E-state index in [4.69, 9.17) is 0 Å². The molecule has 1 atom stereocenters. The molecule has 1 N–H and O–H groups in total. The topological polar surface area (TPSA) is 49.4 Å². The number of piperidine rings is 1. The predicted octanol–water partition coefficient (Wildman–Crippen LogP) is 3.32. The Labute approximate surface area is 148 Å². The molecule has 2 fully saturated rings. The molecule has 5 heteroatoms. The van der Waals surface area contributed by atoms with Crippen molar-refractivity contribution in [2.75, 3.05) is 19.3 Å². The lowest BCUT2D eigenvalue weighted by Gasteiger charge is -2.33. The summed E-state index contributed by atoms with van der Waals surface area (Å²) in [7, 11) is 0. The van der Waals surface area contributed by atoms with Crippen LogP contribution in [0, 0.1) is 5.92 Å². The zero-order valence-electron chi connectivity index (χ0n) is 14.3. The van der Waals surface area contributed by atoms with Crippen LogP contribution in [0.5, 0.6) is 0 Å². The van der Waals surface area contributed by atoms with Crippen molar-refractivity contribution >= 4 is 23.6 Å². The summed E-state index contributed by atoms with van der Waals surface area (Å²) in [6.07, 6.45) is 7.88. The summed E-state index contributed by atoms with van der Waals surface area (Å²) >= 11 is 1.61. The van der Waals surface area contributed by atoms with Crippen LogP contribution in [0.4, 0.5) is 0 Å². The van der Waals surface area contributed by atoms with Crippen LogP contribution in [0.15, 0.2) is 29.2 Å². The number of thioether (sulfide) groups is 1. The molecule has 24 heavy (non-hydrogen) atoms. The molecule has 4 nitrogen and oxygen atoms in total. The van der Waals surface area contributed by atoms with Crippen molar-refractivity contribution in [2.45, 2.75) is 49.5 Å². The molecule has 1 aromatic carbocycles. The Morgan fingerprint density at radius 2 is 2.04 bits per heavy atom. The largest absolute Gasteiger partial charge is 0.353 e. The van der Waals surface area contributed by atoms with E-state index in [9.17, 15) is 9.59 Å². The maximum Gasteiger partial charge on any atom is 0.254 e. The fourth-order valence-electron chi connectivity index (χ4n) is 3.34. The average Bonchev–Trinajstić information content (AvgIpc) is 3.43. The first-order valence-electron chi connectivity index (χ1n) is 8.89. The molecule has 1 heterocycles. The second kappa shape index (κ2) is 8.06. The maximum atomic E-state index is 12.9. The van der Waals surface area contributed by atoms with E-state index < -0.39 is 0 Å². The lowest BCUT2D eigenvalue weighted by atomic mass is 9.92. The number of nitrogens with zero attached hydrogens (tertiary/aromatic N) is 1. The minimum atomic E-state index is 0.132. The smallest absolute Gasteiger partial charge is 0.254 e. The summed E-state index contributed by atoms with van der Waals surface area (Å²) in [5.74, 6) is 0.745. The highest BCUT2D eigenvalue weighted by molar-refractivity contribution is 7.98. The van der Waals surface area contributed by atoms with Gasteiger partial charge in [-0.2, -0.15) is 0 Å². The number of benzene rings is 1. The Kier molecular flexibility index (Phi) is 5.82. The molecule has 1 saturated heterocycles. The fraction of sp³-hybridized carbons (Fsp3) is 0.579. The van der Waals surface area contributed by atoms with Gasteiger partial charge in [0, 0.05) is 30.4 Å². The van der Waals surface area contributed by atoms with E-state index in [0.29, 0.717) is 18.4 Å². The van der Waals surface area contributed by atoms with Gasteiger partial charge in [0.15, 0.2) is 0 Å². The van der Waals surface area contributed by atoms with Gasteiger partial charge in [0.1, 0.15) is 0 Å². The van der Waals surface area contributed by atoms with Crippen LogP contribution in [0.25, 0.3) is 0 Å². The van der Waals surface area contributed by atoms with E-state index in [1.807, 2.05) is 35.4 Å². The van der Waals surface area contributed by atoms with E-state index >= 15 is 0 Å². The number of carbonyl (C=O) groups excluding carboxylic acids is 2. The van der Waals surface area contributed by atoms with Crippen LogP contribution in [0.2, 0.25) is 0 Å². The Bertz CT molecular complexity index is 601. The Morgan fingerprint density at radius 1 is 1.25 bits per heavy atom. The lowest BCUT2D eigenvalue weighted by molar-refractivity contribution is -0.121. The maximum absolute atomic E-state index is 12.9. The molecule has 1 saturated carbocycles. The molecule has 1 aliphatic carbocycles. The molecule has 3 rings (SSSR count). The fourth-order valence-corrected chi connectivity index (χ4v) is 3.93. The summed E-state index contributed by atoms with van der Waals surface area (Å²) in [5.41, 5.74) is 0.803. The highest BCUT2D eigenvalue weighted by atomic mass is 32.2. The van der Waals surface area contributed by atoms with Crippen LogP contribution in [-0.4, -0.2) is 42.1 Å².